The molecule has 0 spiro atoms. The number of halogens is 3. The first-order valence-corrected chi connectivity index (χ1v) is 6.90. The molecule has 0 saturated carbocycles. The second-order valence-electron chi connectivity index (χ2n) is 5.23. The Morgan fingerprint density at radius 3 is 2.45 bits per heavy atom. The SMILES string of the molecule is CCCN(Cc1ccc(CNC(C)C)o1)CC(F)(F)F. The fourth-order valence-electron chi connectivity index (χ4n) is 1.91. The molecule has 3 nitrogen and oxygen atoms in total. The van der Waals surface area contributed by atoms with Crippen LogP contribution in [0.5, 0.6) is 0 Å². The topological polar surface area (TPSA) is 28.4 Å². The van der Waals surface area contributed by atoms with Gasteiger partial charge in [-0.1, -0.05) is 20.8 Å². The predicted molar refractivity (Wildman–Crippen MR) is 72.3 cm³/mol. The monoisotopic (exact) mass is 292 g/mol. The fraction of sp³-hybridized carbons (Fsp3) is 0.714. The molecule has 6 heteroatoms. The first-order valence-electron chi connectivity index (χ1n) is 6.90. The highest BCUT2D eigenvalue weighted by molar-refractivity contribution is 5.07. The van der Waals surface area contributed by atoms with Gasteiger partial charge in [0.25, 0.3) is 0 Å². The van der Waals surface area contributed by atoms with Gasteiger partial charge in [0.05, 0.1) is 19.6 Å². The number of nitrogens with one attached hydrogen (secondary N) is 1. The average Bonchev–Trinajstić information content (AvgIpc) is 2.72. The number of hydrogen-bond donors (Lipinski definition) is 1. The molecule has 1 N–H and O–H groups in total. The molecule has 0 aliphatic heterocycles. The normalized spacial score (nSPS) is 12.6. The molecule has 116 valence electrons. The number of nitrogens with zero attached hydrogens (tertiary/aromatic N) is 1. The van der Waals surface area contributed by atoms with Crippen molar-refractivity contribution < 1.29 is 17.6 Å². The van der Waals surface area contributed by atoms with Gasteiger partial charge in [0.1, 0.15) is 11.5 Å². The third kappa shape index (κ3) is 6.96. The molecule has 0 amide bonds. The van der Waals surface area contributed by atoms with E-state index in [2.05, 4.69) is 5.32 Å². The van der Waals surface area contributed by atoms with E-state index >= 15 is 0 Å². The molecule has 1 heterocycles. The quantitative estimate of drug-likeness (QED) is 0.794. The lowest BCUT2D eigenvalue weighted by molar-refractivity contribution is -0.147. The first kappa shape index (κ1) is 17.0. The minimum Gasteiger partial charge on any atom is -0.463 e. The zero-order valence-electron chi connectivity index (χ0n) is 12.3. The van der Waals surface area contributed by atoms with E-state index in [1.807, 2.05) is 26.8 Å². The summed E-state index contributed by atoms with van der Waals surface area (Å²) in [7, 11) is 0. The number of alkyl halides is 3. The maximum atomic E-state index is 12.5. The first-order chi connectivity index (χ1) is 9.30. The molecule has 0 aliphatic carbocycles. The molecule has 0 aromatic carbocycles. The van der Waals surface area contributed by atoms with Crippen LogP contribution in [0.15, 0.2) is 16.5 Å². The maximum absolute atomic E-state index is 12.5. The summed E-state index contributed by atoms with van der Waals surface area (Å²) < 4.78 is 42.9. The van der Waals surface area contributed by atoms with Gasteiger partial charge < -0.3 is 9.73 Å². The van der Waals surface area contributed by atoms with Gasteiger partial charge in [-0.15, -0.1) is 0 Å². The van der Waals surface area contributed by atoms with Crippen molar-refractivity contribution >= 4 is 0 Å². The van der Waals surface area contributed by atoms with Gasteiger partial charge in [-0.05, 0) is 25.1 Å². The maximum Gasteiger partial charge on any atom is 0.401 e. The third-order valence-electron chi connectivity index (χ3n) is 2.72. The van der Waals surface area contributed by atoms with E-state index in [1.54, 1.807) is 6.07 Å². The van der Waals surface area contributed by atoms with Gasteiger partial charge in [-0.25, -0.2) is 0 Å². The third-order valence-corrected chi connectivity index (χ3v) is 2.72. The highest BCUT2D eigenvalue weighted by Gasteiger charge is 2.30. The molecule has 0 unspecified atom stereocenters. The molecule has 0 aliphatic rings. The Bertz CT molecular complexity index is 388. The van der Waals surface area contributed by atoms with Crippen molar-refractivity contribution in [3.05, 3.63) is 23.7 Å². The van der Waals surface area contributed by atoms with Gasteiger partial charge in [0.15, 0.2) is 0 Å². The van der Waals surface area contributed by atoms with Crippen molar-refractivity contribution in [1.82, 2.24) is 10.2 Å². The molecular weight excluding hydrogens is 269 g/mol. The Kier molecular flexibility index (Phi) is 6.55. The van der Waals surface area contributed by atoms with E-state index in [-0.39, 0.29) is 6.54 Å². The largest absolute Gasteiger partial charge is 0.463 e. The zero-order chi connectivity index (χ0) is 15.2. The standard InChI is InChI=1S/C14H23F3N2O/c1-4-7-19(10-14(15,16)17)9-13-6-5-12(20-13)8-18-11(2)3/h5-6,11,18H,4,7-10H2,1-3H3. The number of hydrogen-bond acceptors (Lipinski definition) is 3. The lowest BCUT2D eigenvalue weighted by atomic mass is 10.3. The Morgan fingerprint density at radius 2 is 1.90 bits per heavy atom. The molecule has 1 rings (SSSR count). The highest BCUT2D eigenvalue weighted by atomic mass is 19.4. The highest BCUT2D eigenvalue weighted by Crippen LogP contribution is 2.19. The molecule has 1 aromatic heterocycles. The van der Waals surface area contributed by atoms with Crippen LogP contribution in [0, 0.1) is 0 Å². The van der Waals surface area contributed by atoms with Gasteiger partial charge in [-0.3, -0.25) is 4.90 Å². The fourth-order valence-corrected chi connectivity index (χ4v) is 1.91. The van der Waals surface area contributed by atoms with Gasteiger partial charge in [0.2, 0.25) is 0 Å². The van der Waals surface area contributed by atoms with Crippen LogP contribution in [0.25, 0.3) is 0 Å². The van der Waals surface area contributed by atoms with Crippen LogP contribution in [0.2, 0.25) is 0 Å². The van der Waals surface area contributed by atoms with Gasteiger partial charge in [-0.2, -0.15) is 13.2 Å². The second-order valence-corrected chi connectivity index (χ2v) is 5.23. The molecule has 0 atom stereocenters. The van der Waals surface area contributed by atoms with E-state index in [0.717, 1.165) is 5.76 Å². The van der Waals surface area contributed by atoms with E-state index < -0.39 is 12.7 Å². The lowest BCUT2D eigenvalue weighted by Gasteiger charge is -2.21. The van der Waals surface area contributed by atoms with E-state index in [0.29, 0.717) is 31.3 Å². The van der Waals surface area contributed by atoms with Crippen molar-refractivity contribution in [2.45, 2.75) is 52.5 Å². The summed E-state index contributed by atoms with van der Waals surface area (Å²) in [5.41, 5.74) is 0. The van der Waals surface area contributed by atoms with Crippen LogP contribution >= 0.6 is 0 Å². The summed E-state index contributed by atoms with van der Waals surface area (Å²) in [6.45, 7) is 6.19. The van der Waals surface area contributed by atoms with E-state index in [1.165, 1.54) is 4.90 Å². The Balaban J connectivity index is 2.55. The van der Waals surface area contributed by atoms with Crippen LogP contribution in [0.1, 0.15) is 38.7 Å². The van der Waals surface area contributed by atoms with Crippen molar-refractivity contribution in [2.24, 2.45) is 0 Å². The van der Waals surface area contributed by atoms with E-state index in [4.69, 9.17) is 4.42 Å². The summed E-state index contributed by atoms with van der Waals surface area (Å²) in [6, 6.07) is 3.89. The van der Waals surface area contributed by atoms with Crippen LogP contribution in [0.3, 0.4) is 0 Å². The van der Waals surface area contributed by atoms with Crippen LogP contribution in [0.4, 0.5) is 13.2 Å². The Labute approximate surface area is 118 Å². The van der Waals surface area contributed by atoms with Crippen LogP contribution < -0.4 is 5.32 Å². The van der Waals surface area contributed by atoms with Crippen molar-refractivity contribution in [3.8, 4) is 0 Å². The predicted octanol–water partition coefficient (Wildman–Crippen LogP) is 3.55. The number of furan rings is 1. The van der Waals surface area contributed by atoms with Crippen molar-refractivity contribution in [2.75, 3.05) is 13.1 Å². The lowest BCUT2D eigenvalue weighted by Crippen LogP contribution is -2.34. The Hall–Kier alpha value is -1.01. The smallest absolute Gasteiger partial charge is 0.401 e. The van der Waals surface area contributed by atoms with E-state index in [9.17, 15) is 13.2 Å². The summed E-state index contributed by atoms with van der Waals surface area (Å²) in [4.78, 5) is 1.36. The molecule has 0 bridgehead atoms. The second kappa shape index (κ2) is 7.69. The molecule has 0 fully saturated rings. The summed E-state index contributed by atoms with van der Waals surface area (Å²) in [5.74, 6) is 1.32. The van der Waals surface area contributed by atoms with Crippen molar-refractivity contribution in [3.63, 3.8) is 0 Å². The molecule has 0 radical (unpaired) electrons. The molecular formula is C14H23F3N2O. The molecule has 20 heavy (non-hydrogen) atoms. The average molecular weight is 292 g/mol. The molecule has 0 saturated heterocycles. The minimum atomic E-state index is -4.18. The van der Waals surface area contributed by atoms with Crippen LogP contribution in [-0.2, 0) is 13.1 Å². The number of rotatable bonds is 8. The molecule has 1 aromatic rings. The Morgan fingerprint density at radius 1 is 1.25 bits per heavy atom. The summed E-state index contributed by atoms with van der Waals surface area (Å²) >= 11 is 0. The van der Waals surface area contributed by atoms with Crippen molar-refractivity contribution in [1.29, 1.82) is 0 Å². The zero-order valence-corrected chi connectivity index (χ0v) is 12.3. The van der Waals surface area contributed by atoms with Crippen LogP contribution in [-0.4, -0.2) is 30.2 Å². The van der Waals surface area contributed by atoms with Gasteiger partial charge in [0, 0.05) is 6.04 Å². The van der Waals surface area contributed by atoms with Gasteiger partial charge >= 0.3 is 6.18 Å². The minimum absolute atomic E-state index is 0.190. The summed E-state index contributed by atoms with van der Waals surface area (Å²) in [5, 5.41) is 3.20. The summed E-state index contributed by atoms with van der Waals surface area (Å²) in [6.07, 6.45) is -3.50.